The summed E-state index contributed by atoms with van der Waals surface area (Å²) >= 11 is 0. The molecule has 0 amide bonds. The van der Waals surface area contributed by atoms with Crippen molar-refractivity contribution in [2.45, 2.75) is 38.5 Å². The number of nitrogens with one attached hydrogen (secondary N) is 2. The molecule has 32 heavy (non-hydrogen) atoms. The number of rotatable bonds is 8. The van der Waals surface area contributed by atoms with Crippen LogP contribution < -0.4 is 14.9 Å². The van der Waals surface area contributed by atoms with E-state index in [2.05, 4.69) is 52.2 Å². The summed E-state index contributed by atoms with van der Waals surface area (Å²) in [6.07, 6.45) is 1.84. The first-order valence-electron chi connectivity index (χ1n) is 11.4. The molecule has 170 valence electrons. The molecule has 2 N–H and O–H groups in total. The number of nitrogens with zero attached hydrogens (tertiary/aromatic N) is 2. The molecule has 4 rings (SSSR count). The average molecular weight is 453 g/mol. The van der Waals surface area contributed by atoms with Gasteiger partial charge >= 0.3 is 0 Å². The van der Waals surface area contributed by atoms with Crippen LogP contribution in [-0.2, 0) is 15.8 Å². The van der Waals surface area contributed by atoms with E-state index in [9.17, 15) is 8.42 Å². The Bertz CT molecular complexity index is 1160. The number of pyridine rings is 1. The van der Waals surface area contributed by atoms with Gasteiger partial charge in [-0.1, -0.05) is 62.4 Å². The van der Waals surface area contributed by atoms with Gasteiger partial charge in [0.25, 0.3) is 0 Å². The molecule has 0 aliphatic carbocycles. The Morgan fingerprint density at radius 3 is 2.66 bits per heavy atom. The second-order valence-electron chi connectivity index (χ2n) is 8.36. The molecule has 1 unspecified atom stereocenters. The zero-order chi connectivity index (χ0) is 22.6. The van der Waals surface area contributed by atoms with Gasteiger partial charge in [0.1, 0.15) is 5.82 Å². The summed E-state index contributed by atoms with van der Waals surface area (Å²) in [7, 11) is -3.31. The lowest BCUT2D eigenvalue weighted by Crippen LogP contribution is -2.51. The largest absolute Gasteiger partial charge is 0.351 e. The van der Waals surface area contributed by atoms with Crippen LogP contribution in [0.15, 0.2) is 54.6 Å². The Labute approximate surface area is 191 Å². The number of fused-ring (bicyclic) bond motifs is 1. The normalized spacial score (nSPS) is 17.1. The van der Waals surface area contributed by atoms with Crippen molar-refractivity contribution in [3.63, 3.8) is 0 Å². The Morgan fingerprint density at radius 2 is 1.91 bits per heavy atom. The predicted octanol–water partition coefficient (Wildman–Crippen LogP) is 3.92. The van der Waals surface area contributed by atoms with E-state index in [-0.39, 0.29) is 5.75 Å². The zero-order valence-corrected chi connectivity index (χ0v) is 19.7. The summed E-state index contributed by atoms with van der Waals surface area (Å²) < 4.78 is 27.0. The minimum Gasteiger partial charge on any atom is -0.351 e. The number of piperazine rings is 1. The Morgan fingerprint density at radius 1 is 1.12 bits per heavy atom. The van der Waals surface area contributed by atoms with Gasteiger partial charge in [-0.25, -0.2) is 18.1 Å². The van der Waals surface area contributed by atoms with Crippen molar-refractivity contribution in [3.05, 3.63) is 60.2 Å². The highest BCUT2D eigenvalue weighted by Gasteiger charge is 2.24. The van der Waals surface area contributed by atoms with Gasteiger partial charge in [0.15, 0.2) is 0 Å². The fraction of sp³-hybridized carbons (Fsp3) is 0.400. The third kappa shape index (κ3) is 5.11. The maximum Gasteiger partial charge on any atom is 0.215 e. The van der Waals surface area contributed by atoms with Gasteiger partial charge in [-0.15, -0.1) is 0 Å². The van der Waals surface area contributed by atoms with Gasteiger partial charge < -0.3 is 10.2 Å². The van der Waals surface area contributed by atoms with E-state index in [1.54, 1.807) is 0 Å². The lowest BCUT2D eigenvalue weighted by molar-refractivity contribution is 0.464. The summed E-state index contributed by atoms with van der Waals surface area (Å²) in [5.41, 5.74) is 2.67. The molecule has 1 aliphatic rings. The van der Waals surface area contributed by atoms with Crippen LogP contribution in [0, 0.1) is 0 Å². The molecular formula is C25H32N4O2S. The molecule has 3 aromatic rings. The molecule has 6 nitrogen and oxygen atoms in total. The second-order valence-corrected chi connectivity index (χ2v) is 10.2. The smallest absolute Gasteiger partial charge is 0.215 e. The molecule has 0 radical (unpaired) electrons. The standard InChI is InChI=1S/C25H32N4O2S/c1-3-13-27-32(30,31)18-19-9-11-20(12-10-19)24-16-21-7-5-6-8-23(21)25(28-24)29-15-14-26-17-22(29)4-2/h5-12,16,22,26-27H,3-4,13-15,17-18H2,1-2H3. The topological polar surface area (TPSA) is 74.3 Å². The first kappa shape index (κ1) is 22.7. The Kier molecular flexibility index (Phi) is 7.08. The minimum atomic E-state index is -3.31. The summed E-state index contributed by atoms with van der Waals surface area (Å²) in [5.74, 6) is 1.02. The molecular weight excluding hydrogens is 420 g/mol. The third-order valence-electron chi connectivity index (χ3n) is 5.99. The zero-order valence-electron chi connectivity index (χ0n) is 18.8. The van der Waals surface area contributed by atoms with Crippen LogP contribution in [0.5, 0.6) is 0 Å². The molecule has 1 saturated heterocycles. The molecule has 1 aliphatic heterocycles. The van der Waals surface area contributed by atoms with Crippen LogP contribution in [0.2, 0.25) is 0 Å². The fourth-order valence-electron chi connectivity index (χ4n) is 4.25. The van der Waals surface area contributed by atoms with Crippen LogP contribution in [0.3, 0.4) is 0 Å². The van der Waals surface area contributed by atoms with Crippen molar-refractivity contribution in [2.75, 3.05) is 31.1 Å². The van der Waals surface area contributed by atoms with Crippen molar-refractivity contribution >= 4 is 26.6 Å². The molecule has 2 heterocycles. The summed E-state index contributed by atoms with van der Waals surface area (Å²) in [4.78, 5) is 7.54. The predicted molar refractivity (Wildman–Crippen MR) is 132 cm³/mol. The monoisotopic (exact) mass is 452 g/mol. The lowest BCUT2D eigenvalue weighted by atomic mass is 10.0. The van der Waals surface area contributed by atoms with E-state index < -0.39 is 10.0 Å². The highest BCUT2D eigenvalue weighted by molar-refractivity contribution is 7.88. The highest BCUT2D eigenvalue weighted by Crippen LogP contribution is 2.32. The van der Waals surface area contributed by atoms with E-state index in [0.29, 0.717) is 12.6 Å². The number of hydrogen-bond donors (Lipinski definition) is 2. The maximum atomic E-state index is 12.2. The molecule has 7 heteroatoms. The lowest BCUT2D eigenvalue weighted by Gasteiger charge is -2.37. The van der Waals surface area contributed by atoms with Crippen molar-refractivity contribution in [1.82, 2.24) is 15.0 Å². The van der Waals surface area contributed by atoms with E-state index in [1.807, 2.05) is 31.2 Å². The van der Waals surface area contributed by atoms with Crippen LogP contribution in [-0.4, -0.2) is 45.6 Å². The first-order valence-corrected chi connectivity index (χ1v) is 13.1. The van der Waals surface area contributed by atoms with Crippen molar-refractivity contribution in [2.24, 2.45) is 0 Å². The molecule has 0 saturated carbocycles. The number of hydrogen-bond acceptors (Lipinski definition) is 5. The number of aromatic nitrogens is 1. The Hall–Kier alpha value is -2.48. The minimum absolute atomic E-state index is 0.0113. The van der Waals surface area contributed by atoms with Crippen molar-refractivity contribution in [1.29, 1.82) is 0 Å². The van der Waals surface area contributed by atoms with Gasteiger partial charge in [-0.3, -0.25) is 0 Å². The fourth-order valence-corrected chi connectivity index (χ4v) is 5.50. The molecule has 2 aromatic carbocycles. The van der Waals surface area contributed by atoms with Crippen LogP contribution >= 0.6 is 0 Å². The SMILES string of the molecule is CCCNS(=O)(=O)Cc1ccc(-c2cc3ccccc3c(N3CCNCC3CC)n2)cc1. The molecule has 1 fully saturated rings. The van der Waals surface area contributed by atoms with E-state index in [0.717, 1.165) is 60.5 Å². The quantitative estimate of drug-likeness (QED) is 0.542. The molecule has 0 spiro atoms. The van der Waals surface area contributed by atoms with Crippen LogP contribution in [0.25, 0.3) is 22.0 Å². The number of anilines is 1. The van der Waals surface area contributed by atoms with Crippen molar-refractivity contribution in [3.8, 4) is 11.3 Å². The van der Waals surface area contributed by atoms with Gasteiger partial charge in [0.2, 0.25) is 10.0 Å². The van der Waals surface area contributed by atoms with E-state index >= 15 is 0 Å². The van der Waals surface area contributed by atoms with Crippen LogP contribution in [0.4, 0.5) is 5.82 Å². The summed E-state index contributed by atoms with van der Waals surface area (Å²) in [5, 5.41) is 5.82. The average Bonchev–Trinajstić information content (AvgIpc) is 2.82. The third-order valence-corrected chi connectivity index (χ3v) is 7.35. The van der Waals surface area contributed by atoms with Gasteiger partial charge in [0.05, 0.1) is 11.4 Å². The van der Waals surface area contributed by atoms with Gasteiger partial charge in [-0.2, -0.15) is 0 Å². The Balaban J connectivity index is 1.67. The summed E-state index contributed by atoms with van der Waals surface area (Å²) in [6.45, 7) is 7.48. The molecule has 1 atom stereocenters. The summed E-state index contributed by atoms with van der Waals surface area (Å²) in [6, 6.07) is 18.7. The van der Waals surface area contributed by atoms with Gasteiger partial charge in [0, 0.05) is 43.2 Å². The first-order chi connectivity index (χ1) is 15.5. The number of benzene rings is 2. The number of sulfonamides is 1. The van der Waals surface area contributed by atoms with Crippen molar-refractivity contribution < 1.29 is 8.42 Å². The highest BCUT2D eigenvalue weighted by atomic mass is 32.2. The molecule has 0 bridgehead atoms. The second kappa shape index (κ2) is 9.98. The molecule has 1 aromatic heterocycles. The maximum absolute atomic E-state index is 12.2. The van der Waals surface area contributed by atoms with E-state index in [4.69, 9.17) is 4.98 Å². The van der Waals surface area contributed by atoms with Crippen LogP contribution in [0.1, 0.15) is 32.3 Å². The van der Waals surface area contributed by atoms with Gasteiger partial charge in [-0.05, 0) is 29.9 Å². The van der Waals surface area contributed by atoms with E-state index in [1.165, 1.54) is 5.39 Å².